The molecule has 17 heavy (non-hydrogen) atoms. The summed E-state index contributed by atoms with van der Waals surface area (Å²) in [6.45, 7) is 6.71. The van der Waals surface area contributed by atoms with E-state index in [1.54, 1.807) is 10.9 Å². The van der Waals surface area contributed by atoms with Crippen LogP contribution in [-0.4, -0.2) is 35.3 Å². The molecule has 2 N–H and O–H groups in total. The van der Waals surface area contributed by atoms with Crippen molar-refractivity contribution in [2.75, 3.05) is 13.6 Å². The Kier molecular flexibility index (Phi) is 4.69. The van der Waals surface area contributed by atoms with Gasteiger partial charge in [-0.15, -0.1) is 0 Å². The number of carbonyl (C=O) groups is 1. The summed E-state index contributed by atoms with van der Waals surface area (Å²) in [7, 11) is 3.71. The highest BCUT2D eigenvalue weighted by Crippen LogP contribution is 2.16. The fourth-order valence-corrected chi connectivity index (χ4v) is 1.55. The average Bonchev–Trinajstić information content (AvgIpc) is 2.67. The lowest BCUT2D eigenvalue weighted by Gasteiger charge is -2.11. The summed E-state index contributed by atoms with van der Waals surface area (Å²) in [5, 5.41) is 10.3. The molecule has 0 saturated carbocycles. The molecule has 1 rings (SSSR count). The molecule has 5 heteroatoms. The van der Waals surface area contributed by atoms with Crippen molar-refractivity contribution in [3.05, 3.63) is 17.5 Å². The first-order valence-electron chi connectivity index (χ1n) is 5.94. The highest BCUT2D eigenvalue weighted by atomic mass is 16.1. The monoisotopic (exact) mass is 238 g/mol. The van der Waals surface area contributed by atoms with Gasteiger partial charge in [0.05, 0.1) is 11.3 Å². The fraction of sp³-hybridized carbons (Fsp3) is 0.667. The zero-order chi connectivity index (χ0) is 13.0. The fourth-order valence-electron chi connectivity index (χ4n) is 1.55. The van der Waals surface area contributed by atoms with Crippen molar-refractivity contribution in [3.63, 3.8) is 0 Å². The van der Waals surface area contributed by atoms with Crippen LogP contribution in [0.1, 0.15) is 42.7 Å². The van der Waals surface area contributed by atoms with Gasteiger partial charge < -0.3 is 10.6 Å². The average molecular weight is 238 g/mol. The van der Waals surface area contributed by atoms with Gasteiger partial charge in [-0.3, -0.25) is 9.48 Å². The van der Waals surface area contributed by atoms with Crippen LogP contribution in [-0.2, 0) is 7.05 Å². The molecule has 0 radical (unpaired) electrons. The molecule has 1 amide bonds. The van der Waals surface area contributed by atoms with Crippen molar-refractivity contribution in [3.8, 4) is 0 Å². The molecule has 1 unspecified atom stereocenters. The lowest BCUT2D eigenvalue weighted by atomic mass is 10.1. The number of amides is 1. The van der Waals surface area contributed by atoms with Crippen LogP contribution < -0.4 is 10.6 Å². The highest BCUT2D eigenvalue weighted by Gasteiger charge is 2.17. The van der Waals surface area contributed by atoms with Gasteiger partial charge in [0.25, 0.3) is 5.91 Å². The third-order valence-corrected chi connectivity index (χ3v) is 2.71. The number of hydrogen-bond acceptors (Lipinski definition) is 3. The van der Waals surface area contributed by atoms with Crippen LogP contribution in [0.3, 0.4) is 0 Å². The smallest absolute Gasteiger partial charge is 0.254 e. The lowest BCUT2D eigenvalue weighted by molar-refractivity contribution is 0.0949. The van der Waals surface area contributed by atoms with Gasteiger partial charge in [0.2, 0.25) is 0 Å². The molecule has 0 aliphatic rings. The Morgan fingerprint density at radius 2 is 2.12 bits per heavy atom. The maximum absolute atomic E-state index is 12.0. The van der Waals surface area contributed by atoms with Gasteiger partial charge in [-0.25, -0.2) is 0 Å². The van der Waals surface area contributed by atoms with Crippen LogP contribution in [0.4, 0.5) is 0 Å². The van der Waals surface area contributed by atoms with Gasteiger partial charge >= 0.3 is 0 Å². The van der Waals surface area contributed by atoms with Crippen molar-refractivity contribution in [2.45, 2.75) is 32.7 Å². The van der Waals surface area contributed by atoms with E-state index in [1.807, 2.05) is 34.9 Å². The highest BCUT2D eigenvalue weighted by molar-refractivity contribution is 5.95. The SMILES string of the molecule is CNC(C)CNC(=O)c1cn(C)nc1C(C)C. The van der Waals surface area contributed by atoms with Gasteiger partial charge in [0.15, 0.2) is 0 Å². The maximum Gasteiger partial charge on any atom is 0.254 e. The van der Waals surface area contributed by atoms with E-state index >= 15 is 0 Å². The molecule has 0 aliphatic heterocycles. The van der Waals surface area contributed by atoms with Crippen LogP contribution in [0.2, 0.25) is 0 Å². The quantitative estimate of drug-likeness (QED) is 0.800. The minimum absolute atomic E-state index is 0.0519. The second kappa shape index (κ2) is 5.82. The van der Waals surface area contributed by atoms with Gasteiger partial charge in [-0.1, -0.05) is 13.8 Å². The van der Waals surface area contributed by atoms with E-state index in [1.165, 1.54) is 0 Å². The van der Waals surface area contributed by atoms with Crippen molar-refractivity contribution in [1.82, 2.24) is 20.4 Å². The molecular formula is C12H22N4O. The molecule has 1 heterocycles. The Morgan fingerprint density at radius 3 is 2.65 bits per heavy atom. The lowest BCUT2D eigenvalue weighted by Crippen LogP contribution is -2.37. The summed E-state index contributed by atoms with van der Waals surface area (Å²) >= 11 is 0. The largest absolute Gasteiger partial charge is 0.350 e. The Bertz CT molecular complexity index is 384. The van der Waals surface area contributed by atoms with Crippen LogP contribution in [0.25, 0.3) is 0 Å². The number of aromatic nitrogens is 2. The predicted octanol–water partition coefficient (Wildman–Crippen LogP) is 0.881. The van der Waals surface area contributed by atoms with Gasteiger partial charge in [-0.2, -0.15) is 5.10 Å². The molecule has 0 spiro atoms. The summed E-state index contributed by atoms with van der Waals surface area (Å²) in [4.78, 5) is 12.0. The Labute approximate surface area is 103 Å². The molecular weight excluding hydrogens is 216 g/mol. The van der Waals surface area contributed by atoms with Crippen molar-refractivity contribution in [1.29, 1.82) is 0 Å². The molecule has 1 aromatic rings. The second-order valence-corrected chi connectivity index (χ2v) is 4.66. The number of hydrogen-bond donors (Lipinski definition) is 2. The molecule has 0 aromatic carbocycles. The number of nitrogens with zero attached hydrogens (tertiary/aromatic N) is 2. The molecule has 1 aromatic heterocycles. The van der Waals surface area contributed by atoms with E-state index in [9.17, 15) is 4.79 Å². The van der Waals surface area contributed by atoms with Crippen molar-refractivity contribution < 1.29 is 4.79 Å². The summed E-state index contributed by atoms with van der Waals surface area (Å²) in [5.41, 5.74) is 1.52. The maximum atomic E-state index is 12.0. The van der Waals surface area contributed by atoms with Crippen LogP contribution in [0.5, 0.6) is 0 Å². The summed E-state index contributed by atoms with van der Waals surface area (Å²) in [6.07, 6.45) is 1.77. The molecule has 0 bridgehead atoms. The molecule has 0 saturated heterocycles. The van der Waals surface area contributed by atoms with E-state index in [-0.39, 0.29) is 17.9 Å². The number of aryl methyl sites for hydroxylation is 1. The minimum Gasteiger partial charge on any atom is -0.350 e. The third kappa shape index (κ3) is 3.56. The van der Waals surface area contributed by atoms with Crippen molar-refractivity contribution >= 4 is 5.91 Å². The Hall–Kier alpha value is -1.36. The van der Waals surface area contributed by atoms with Crippen molar-refractivity contribution in [2.24, 2.45) is 7.05 Å². The number of nitrogens with one attached hydrogen (secondary N) is 2. The summed E-state index contributed by atoms with van der Waals surface area (Å²) < 4.78 is 1.69. The van der Waals surface area contributed by atoms with Gasteiger partial charge in [0, 0.05) is 25.8 Å². The Balaban J connectivity index is 2.74. The van der Waals surface area contributed by atoms with Crippen LogP contribution in [0, 0.1) is 0 Å². The number of likely N-dealkylation sites (N-methyl/N-ethyl adjacent to an activating group) is 1. The molecule has 0 fully saturated rings. The number of carbonyl (C=O) groups excluding carboxylic acids is 1. The molecule has 1 atom stereocenters. The van der Waals surface area contributed by atoms with Crippen LogP contribution >= 0.6 is 0 Å². The first-order chi connectivity index (χ1) is 7.95. The number of rotatable bonds is 5. The minimum atomic E-state index is -0.0519. The third-order valence-electron chi connectivity index (χ3n) is 2.71. The molecule has 0 aliphatic carbocycles. The first-order valence-corrected chi connectivity index (χ1v) is 5.94. The van der Waals surface area contributed by atoms with Gasteiger partial charge in [0.1, 0.15) is 0 Å². The van der Waals surface area contributed by atoms with E-state index in [2.05, 4.69) is 15.7 Å². The zero-order valence-corrected chi connectivity index (χ0v) is 11.2. The standard InChI is InChI=1S/C12H22N4O/c1-8(2)11-10(7-16(5)15-11)12(17)14-6-9(3)13-4/h7-9,13H,6H2,1-5H3,(H,14,17). The van der Waals surface area contributed by atoms with E-state index in [0.717, 1.165) is 5.69 Å². The predicted molar refractivity (Wildman–Crippen MR) is 68.2 cm³/mol. The zero-order valence-electron chi connectivity index (χ0n) is 11.2. The first kappa shape index (κ1) is 13.7. The summed E-state index contributed by atoms with van der Waals surface area (Å²) in [5.74, 6) is 0.197. The second-order valence-electron chi connectivity index (χ2n) is 4.66. The summed E-state index contributed by atoms with van der Waals surface area (Å²) in [6, 6.07) is 0.262. The van der Waals surface area contributed by atoms with E-state index in [0.29, 0.717) is 12.1 Å². The Morgan fingerprint density at radius 1 is 1.47 bits per heavy atom. The molecule has 5 nitrogen and oxygen atoms in total. The molecule has 96 valence electrons. The normalized spacial score (nSPS) is 12.8. The van der Waals surface area contributed by atoms with E-state index < -0.39 is 0 Å². The van der Waals surface area contributed by atoms with E-state index in [4.69, 9.17) is 0 Å². The topological polar surface area (TPSA) is 58.9 Å². The van der Waals surface area contributed by atoms with Gasteiger partial charge in [-0.05, 0) is 19.9 Å². The van der Waals surface area contributed by atoms with Crippen LogP contribution in [0.15, 0.2) is 6.20 Å².